The number of amides is 1. The molecule has 1 N–H and O–H groups in total. The molecule has 1 unspecified atom stereocenters. The van der Waals surface area contributed by atoms with Crippen LogP contribution >= 0.6 is 0 Å². The van der Waals surface area contributed by atoms with E-state index in [1.54, 1.807) is 14.2 Å². The van der Waals surface area contributed by atoms with E-state index in [1.165, 1.54) is 0 Å². The molecule has 1 amide bonds. The van der Waals surface area contributed by atoms with Crippen LogP contribution in [-0.4, -0.2) is 32.7 Å². The number of hydrogen-bond acceptors (Lipinski definition) is 4. The second-order valence-corrected chi connectivity index (χ2v) is 5.43. The van der Waals surface area contributed by atoms with Crippen LogP contribution in [-0.2, 0) is 4.79 Å². The third-order valence-corrected chi connectivity index (χ3v) is 3.35. The number of anilines is 2. The summed E-state index contributed by atoms with van der Waals surface area (Å²) in [6.07, 6.45) is 0. The largest absolute Gasteiger partial charge is 0.493 e. The molecular weight excluding hydrogens is 256 g/mol. The zero-order valence-electron chi connectivity index (χ0n) is 12.7. The van der Waals surface area contributed by atoms with E-state index in [4.69, 9.17) is 9.47 Å². The molecule has 0 aliphatic carbocycles. The average Bonchev–Trinajstić information content (AvgIpc) is 2.42. The highest BCUT2D eigenvalue weighted by Gasteiger charge is 2.31. The van der Waals surface area contributed by atoms with E-state index >= 15 is 0 Å². The molecule has 1 aliphatic rings. The van der Waals surface area contributed by atoms with Crippen LogP contribution in [0.4, 0.5) is 11.4 Å². The first-order chi connectivity index (χ1) is 9.47. The third kappa shape index (κ3) is 2.53. The lowest BCUT2D eigenvalue weighted by molar-refractivity contribution is -0.119. The summed E-state index contributed by atoms with van der Waals surface area (Å²) < 4.78 is 10.6. The van der Waals surface area contributed by atoms with Gasteiger partial charge < -0.3 is 19.7 Å². The number of nitrogens with one attached hydrogen (secondary N) is 1. The van der Waals surface area contributed by atoms with E-state index in [9.17, 15) is 4.79 Å². The van der Waals surface area contributed by atoms with Crippen LogP contribution in [0, 0.1) is 5.92 Å². The molecule has 0 saturated heterocycles. The van der Waals surface area contributed by atoms with Gasteiger partial charge in [-0.1, -0.05) is 13.8 Å². The quantitative estimate of drug-likeness (QED) is 0.919. The lowest BCUT2D eigenvalue weighted by Gasteiger charge is -2.35. The van der Waals surface area contributed by atoms with Gasteiger partial charge in [0.2, 0.25) is 5.91 Å². The Balaban J connectivity index is 2.50. The van der Waals surface area contributed by atoms with Crippen molar-refractivity contribution in [2.45, 2.75) is 26.8 Å². The SMILES string of the molecule is COc1cc2c(cc1OC)N(CC(C)C)C(=O)C(C)N2. The van der Waals surface area contributed by atoms with E-state index < -0.39 is 0 Å². The van der Waals surface area contributed by atoms with Gasteiger partial charge in [0.25, 0.3) is 0 Å². The molecule has 1 aromatic carbocycles. The van der Waals surface area contributed by atoms with Crippen LogP contribution < -0.4 is 19.7 Å². The van der Waals surface area contributed by atoms with E-state index in [0.29, 0.717) is 24.0 Å². The number of fused-ring (bicyclic) bond motifs is 1. The Bertz CT molecular complexity index is 514. The fraction of sp³-hybridized carbons (Fsp3) is 0.533. The summed E-state index contributed by atoms with van der Waals surface area (Å²) in [6, 6.07) is 3.50. The molecule has 2 rings (SSSR count). The maximum Gasteiger partial charge on any atom is 0.249 e. The Hall–Kier alpha value is -1.91. The molecule has 110 valence electrons. The molecule has 0 spiro atoms. The highest BCUT2D eigenvalue weighted by molar-refractivity contribution is 6.05. The summed E-state index contributed by atoms with van der Waals surface area (Å²) in [4.78, 5) is 14.2. The molecule has 1 aromatic rings. The summed E-state index contributed by atoms with van der Waals surface area (Å²) in [5, 5.41) is 3.21. The lowest BCUT2D eigenvalue weighted by Crippen LogP contribution is -2.47. The first-order valence-electron chi connectivity index (χ1n) is 6.81. The van der Waals surface area contributed by atoms with Crippen molar-refractivity contribution in [3.63, 3.8) is 0 Å². The number of rotatable bonds is 4. The maximum absolute atomic E-state index is 12.4. The molecule has 1 aliphatic heterocycles. The number of nitrogens with zero attached hydrogens (tertiary/aromatic N) is 1. The van der Waals surface area contributed by atoms with Gasteiger partial charge in [0.1, 0.15) is 6.04 Å². The summed E-state index contributed by atoms with van der Waals surface area (Å²) >= 11 is 0. The van der Waals surface area contributed by atoms with Gasteiger partial charge in [0.05, 0.1) is 25.6 Å². The first-order valence-corrected chi connectivity index (χ1v) is 6.81. The van der Waals surface area contributed by atoms with Crippen LogP contribution in [0.3, 0.4) is 0 Å². The van der Waals surface area contributed by atoms with Crippen molar-refractivity contribution in [1.29, 1.82) is 0 Å². The molecule has 0 aromatic heterocycles. The van der Waals surface area contributed by atoms with Gasteiger partial charge in [0.15, 0.2) is 11.5 Å². The monoisotopic (exact) mass is 278 g/mol. The normalized spacial score (nSPS) is 17.8. The second kappa shape index (κ2) is 5.61. The zero-order chi connectivity index (χ0) is 14.9. The number of carbonyl (C=O) groups is 1. The smallest absolute Gasteiger partial charge is 0.249 e. The minimum absolute atomic E-state index is 0.0819. The van der Waals surface area contributed by atoms with Gasteiger partial charge in [-0.15, -0.1) is 0 Å². The number of carbonyl (C=O) groups excluding carboxylic acids is 1. The molecule has 0 radical (unpaired) electrons. The van der Waals surface area contributed by atoms with Gasteiger partial charge in [-0.3, -0.25) is 4.79 Å². The summed E-state index contributed by atoms with van der Waals surface area (Å²) in [7, 11) is 3.20. The van der Waals surface area contributed by atoms with Gasteiger partial charge in [-0.25, -0.2) is 0 Å². The lowest BCUT2D eigenvalue weighted by atomic mass is 10.1. The van der Waals surface area contributed by atoms with Crippen molar-refractivity contribution in [3.8, 4) is 11.5 Å². The molecule has 20 heavy (non-hydrogen) atoms. The molecule has 0 bridgehead atoms. The van der Waals surface area contributed by atoms with Crippen LogP contribution in [0.1, 0.15) is 20.8 Å². The Kier molecular flexibility index (Phi) is 4.06. The van der Waals surface area contributed by atoms with E-state index in [2.05, 4.69) is 19.2 Å². The van der Waals surface area contributed by atoms with E-state index in [0.717, 1.165) is 11.4 Å². The van der Waals surface area contributed by atoms with Crippen LogP contribution in [0.5, 0.6) is 11.5 Å². The van der Waals surface area contributed by atoms with Crippen molar-refractivity contribution in [2.24, 2.45) is 5.92 Å². The summed E-state index contributed by atoms with van der Waals surface area (Å²) in [5.41, 5.74) is 1.75. The van der Waals surface area contributed by atoms with Crippen LogP contribution in [0.2, 0.25) is 0 Å². The van der Waals surface area contributed by atoms with Crippen molar-refractivity contribution in [2.75, 3.05) is 31.0 Å². The minimum atomic E-state index is -0.237. The fourth-order valence-corrected chi connectivity index (χ4v) is 2.41. The Morgan fingerprint density at radius 2 is 1.85 bits per heavy atom. The van der Waals surface area contributed by atoms with Gasteiger partial charge >= 0.3 is 0 Å². The zero-order valence-corrected chi connectivity index (χ0v) is 12.7. The van der Waals surface area contributed by atoms with Crippen LogP contribution in [0.25, 0.3) is 0 Å². The topological polar surface area (TPSA) is 50.8 Å². The molecule has 5 heteroatoms. The summed E-state index contributed by atoms with van der Waals surface area (Å²) in [5.74, 6) is 1.76. The van der Waals surface area contributed by atoms with Crippen molar-refractivity contribution in [1.82, 2.24) is 0 Å². The number of methoxy groups -OCH3 is 2. The third-order valence-electron chi connectivity index (χ3n) is 3.35. The van der Waals surface area contributed by atoms with Crippen molar-refractivity contribution < 1.29 is 14.3 Å². The molecule has 1 heterocycles. The van der Waals surface area contributed by atoms with Crippen molar-refractivity contribution in [3.05, 3.63) is 12.1 Å². The average molecular weight is 278 g/mol. The van der Waals surface area contributed by atoms with E-state index in [1.807, 2.05) is 24.0 Å². The number of hydrogen-bond donors (Lipinski definition) is 1. The second-order valence-electron chi connectivity index (χ2n) is 5.43. The Morgan fingerprint density at radius 1 is 1.25 bits per heavy atom. The molecular formula is C15H22N2O3. The Morgan fingerprint density at radius 3 is 2.40 bits per heavy atom. The summed E-state index contributed by atoms with van der Waals surface area (Å²) in [6.45, 7) is 6.75. The standard InChI is InChI=1S/C15H22N2O3/c1-9(2)8-17-12-7-14(20-5)13(19-4)6-11(12)16-10(3)15(17)18/h6-7,9-10,16H,8H2,1-5H3. The predicted molar refractivity (Wildman–Crippen MR) is 79.8 cm³/mol. The van der Waals surface area contributed by atoms with Gasteiger partial charge in [-0.2, -0.15) is 0 Å². The molecule has 1 atom stereocenters. The maximum atomic E-state index is 12.4. The highest BCUT2D eigenvalue weighted by Crippen LogP contribution is 2.41. The number of benzene rings is 1. The van der Waals surface area contributed by atoms with Gasteiger partial charge in [-0.05, 0) is 12.8 Å². The Labute approximate surface area is 119 Å². The number of ether oxygens (including phenoxy) is 2. The molecule has 0 fully saturated rings. The van der Waals surface area contributed by atoms with Crippen LogP contribution in [0.15, 0.2) is 12.1 Å². The molecule has 5 nitrogen and oxygen atoms in total. The van der Waals surface area contributed by atoms with E-state index in [-0.39, 0.29) is 11.9 Å². The van der Waals surface area contributed by atoms with Gasteiger partial charge in [0, 0.05) is 18.7 Å². The fourth-order valence-electron chi connectivity index (χ4n) is 2.41. The minimum Gasteiger partial charge on any atom is -0.493 e. The highest BCUT2D eigenvalue weighted by atomic mass is 16.5. The predicted octanol–water partition coefficient (Wildman–Crippen LogP) is 2.51. The van der Waals surface area contributed by atoms with Crippen molar-refractivity contribution >= 4 is 17.3 Å². The molecule has 0 saturated carbocycles. The first kappa shape index (κ1) is 14.5.